The molecular weight excluding hydrogens is 448 g/mol. The van der Waals surface area contributed by atoms with Crippen molar-refractivity contribution in [2.45, 2.75) is 32.1 Å². The van der Waals surface area contributed by atoms with E-state index >= 15 is 0 Å². The molecule has 1 aliphatic heterocycles. The summed E-state index contributed by atoms with van der Waals surface area (Å²) in [7, 11) is 1.48. The Kier molecular flexibility index (Phi) is 5.64. The molecule has 35 heavy (non-hydrogen) atoms. The number of carbonyl (C=O) groups is 3. The Hall–Kier alpha value is -4.33. The molecule has 0 spiro atoms. The van der Waals surface area contributed by atoms with E-state index in [0.717, 1.165) is 23.2 Å². The molecule has 2 aliphatic rings. The van der Waals surface area contributed by atoms with Gasteiger partial charge in [-0.1, -0.05) is 12.1 Å². The van der Waals surface area contributed by atoms with Gasteiger partial charge in [0.25, 0.3) is 5.91 Å². The van der Waals surface area contributed by atoms with Gasteiger partial charge in [-0.2, -0.15) is 0 Å². The quantitative estimate of drug-likeness (QED) is 0.393. The van der Waals surface area contributed by atoms with Crippen molar-refractivity contribution in [3.8, 4) is 22.6 Å². The largest absolute Gasteiger partial charge is 0.504 e. The third kappa shape index (κ3) is 4.07. The first-order valence-electron chi connectivity index (χ1n) is 11.4. The molecule has 0 atom stereocenters. The van der Waals surface area contributed by atoms with E-state index in [4.69, 9.17) is 4.74 Å². The number of carbonyl (C=O) groups excluding carboxylic acids is 2. The average Bonchev–Trinajstić information content (AvgIpc) is 3.35. The number of aromatic hydroxyl groups is 1. The summed E-state index contributed by atoms with van der Waals surface area (Å²) in [5, 5.41) is 22.0. The molecule has 1 aliphatic carbocycles. The predicted molar refractivity (Wildman–Crippen MR) is 131 cm³/mol. The predicted octanol–water partition coefficient (Wildman–Crippen LogP) is 4.42. The molecule has 1 aromatic heterocycles. The molecule has 8 heteroatoms. The van der Waals surface area contributed by atoms with Crippen molar-refractivity contribution < 1.29 is 29.3 Å². The molecule has 2 aromatic carbocycles. The summed E-state index contributed by atoms with van der Waals surface area (Å²) < 4.78 is 5.22. The maximum Gasteiger partial charge on any atom is 0.303 e. The van der Waals surface area contributed by atoms with Gasteiger partial charge in [0.2, 0.25) is 0 Å². The van der Waals surface area contributed by atoms with Crippen LogP contribution in [0.2, 0.25) is 0 Å². The minimum Gasteiger partial charge on any atom is -0.504 e. The van der Waals surface area contributed by atoms with Gasteiger partial charge in [-0.25, -0.2) is 0 Å². The molecule has 5 rings (SSSR count). The molecule has 178 valence electrons. The van der Waals surface area contributed by atoms with E-state index in [9.17, 15) is 24.6 Å². The third-order valence-corrected chi connectivity index (χ3v) is 6.52. The molecule has 0 unspecified atom stereocenters. The highest BCUT2D eigenvalue weighted by Crippen LogP contribution is 2.39. The van der Waals surface area contributed by atoms with Gasteiger partial charge >= 0.3 is 5.97 Å². The van der Waals surface area contributed by atoms with Crippen molar-refractivity contribution >= 4 is 35.0 Å². The van der Waals surface area contributed by atoms with Crippen molar-refractivity contribution in [1.29, 1.82) is 0 Å². The Balaban J connectivity index is 1.60. The van der Waals surface area contributed by atoms with Crippen LogP contribution in [0, 0.1) is 0 Å². The van der Waals surface area contributed by atoms with E-state index < -0.39 is 5.97 Å². The molecule has 0 radical (unpaired) electrons. The average molecular weight is 472 g/mol. The van der Waals surface area contributed by atoms with E-state index in [1.807, 2.05) is 18.2 Å². The van der Waals surface area contributed by atoms with Gasteiger partial charge in [0.1, 0.15) is 0 Å². The van der Waals surface area contributed by atoms with Crippen molar-refractivity contribution in [3.05, 3.63) is 64.5 Å². The molecule has 0 bridgehead atoms. The molecular formula is C27H24N2O6. The van der Waals surface area contributed by atoms with Crippen LogP contribution in [-0.2, 0) is 22.4 Å². The second-order valence-corrected chi connectivity index (χ2v) is 8.70. The summed E-state index contributed by atoms with van der Waals surface area (Å²) in [6.07, 6.45) is 3.69. The number of fused-ring (bicyclic) bond motifs is 2. The first-order valence-corrected chi connectivity index (χ1v) is 11.4. The van der Waals surface area contributed by atoms with Gasteiger partial charge < -0.3 is 25.3 Å². The lowest BCUT2D eigenvalue weighted by atomic mass is 9.91. The minimum atomic E-state index is -0.945. The number of rotatable bonds is 6. The van der Waals surface area contributed by atoms with Crippen LogP contribution in [0.4, 0.5) is 5.69 Å². The smallest absolute Gasteiger partial charge is 0.303 e. The fourth-order valence-electron chi connectivity index (χ4n) is 4.82. The SMILES string of the molecule is COc1cc(-c2ccc3c(c2)C(=Cc2[nH]c4c(c2CCC(=O)O)C(=O)CCC4)C(=O)N3)ccc1O. The number of aromatic nitrogens is 1. The highest BCUT2D eigenvalue weighted by Gasteiger charge is 2.29. The van der Waals surface area contributed by atoms with Crippen LogP contribution in [-0.4, -0.2) is 40.0 Å². The molecule has 1 amide bonds. The normalized spacial score (nSPS) is 15.6. The number of aliphatic carboxylic acids is 1. The van der Waals surface area contributed by atoms with Crippen molar-refractivity contribution in [2.75, 3.05) is 12.4 Å². The Morgan fingerprint density at radius 1 is 1.11 bits per heavy atom. The Labute approximate surface area is 201 Å². The van der Waals surface area contributed by atoms with Crippen molar-refractivity contribution in [1.82, 2.24) is 4.98 Å². The number of amides is 1. The van der Waals surface area contributed by atoms with Crippen molar-refractivity contribution in [2.24, 2.45) is 0 Å². The van der Waals surface area contributed by atoms with E-state index in [1.165, 1.54) is 7.11 Å². The summed E-state index contributed by atoms with van der Waals surface area (Å²) >= 11 is 0. The number of ketones is 1. The lowest BCUT2D eigenvalue weighted by molar-refractivity contribution is -0.137. The Bertz CT molecular complexity index is 1420. The number of anilines is 1. The Morgan fingerprint density at radius 2 is 1.89 bits per heavy atom. The second kappa shape index (κ2) is 8.79. The van der Waals surface area contributed by atoms with Crippen molar-refractivity contribution in [3.63, 3.8) is 0 Å². The highest BCUT2D eigenvalue weighted by molar-refractivity contribution is 6.35. The maximum atomic E-state index is 12.9. The number of Topliss-reactive ketones (excluding diaryl/α,β-unsaturated/α-hetero) is 1. The highest BCUT2D eigenvalue weighted by atomic mass is 16.5. The van der Waals surface area contributed by atoms with E-state index in [0.29, 0.717) is 52.2 Å². The van der Waals surface area contributed by atoms with Gasteiger partial charge in [0.05, 0.1) is 12.7 Å². The fourth-order valence-corrected chi connectivity index (χ4v) is 4.82. The van der Waals surface area contributed by atoms with Crippen LogP contribution < -0.4 is 10.1 Å². The summed E-state index contributed by atoms with van der Waals surface area (Å²) in [6.45, 7) is 0. The summed E-state index contributed by atoms with van der Waals surface area (Å²) in [4.78, 5) is 40.1. The van der Waals surface area contributed by atoms with E-state index in [2.05, 4.69) is 10.3 Å². The monoisotopic (exact) mass is 472 g/mol. The summed E-state index contributed by atoms with van der Waals surface area (Å²) in [6, 6.07) is 10.6. The number of hydrogen-bond donors (Lipinski definition) is 4. The first-order chi connectivity index (χ1) is 16.9. The van der Waals surface area contributed by atoms with Crippen LogP contribution in [0.1, 0.15) is 52.1 Å². The lowest BCUT2D eigenvalue weighted by Crippen LogP contribution is -2.11. The van der Waals surface area contributed by atoms with Gasteiger partial charge in [0.15, 0.2) is 17.3 Å². The number of benzene rings is 2. The van der Waals surface area contributed by atoms with Gasteiger partial charge in [-0.3, -0.25) is 14.4 Å². The summed E-state index contributed by atoms with van der Waals surface area (Å²) in [5.74, 6) is -0.831. The number of phenols is 1. The standard InChI is InChI=1S/C27H24N2O6/c1-35-24-12-15(6-9-22(24)30)14-5-8-19-17(11-14)18(27(34)29-19)13-21-16(7-10-25(32)33)26-20(28-21)3-2-4-23(26)31/h5-6,8-9,11-13,28,30H,2-4,7,10H2,1H3,(H,29,34)(H,32,33). The molecule has 8 nitrogen and oxygen atoms in total. The number of carboxylic acids is 1. The van der Waals surface area contributed by atoms with Crippen LogP contribution >= 0.6 is 0 Å². The van der Waals surface area contributed by atoms with Gasteiger partial charge in [-0.05, 0) is 66.3 Å². The van der Waals surface area contributed by atoms with Crippen LogP contribution in [0.15, 0.2) is 36.4 Å². The molecule has 0 saturated heterocycles. The first kappa shape index (κ1) is 22.5. The number of ether oxygens (including phenoxy) is 1. The molecule has 4 N–H and O–H groups in total. The zero-order valence-electron chi connectivity index (χ0n) is 19.1. The third-order valence-electron chi connectivity index (χ3n) is 6.52. The van der Waals surface area contributed by atoms with Crippen LogP contribution in [0.5, 0.6) is 11.5 Å². The molecule has 0 saturated carbocycles. The lowest BCUT2D eigenvalue weighted by Gasteiger charge is -2.11. The van der Waals surface area contributed by atoms with E-state index in [1.54, 1.807) is 24.3 Å². The Morgan fingerprint density at radius 3 is 2.66 bits per heavy atom. The molecule has 0 fully saturated rings. The number of carboxylic acid groups (broad SMARTS) is 1. The van der Waals surface area contributed by atoms with Crippen LogP contribution in [0.3, 0.4) is 0 Å². The fraction of sp³-hybridized carbons (Fsp3) is 0.222. The molecule has 3 aromatic rings. The number of methoxy groups -OCH3 is 1. The second-order valence-electron chi connectivity index (χ2n) is 8.70. The number of nitrogens with one attached hydrogen (secondary N) is 2. The van der Waals surface area contributed by atoms with Crippen LogP contribution in [0.25, 0.3) is 22.8 Å². The maximum absolute atomic E-state index is 12.9. The number of phenolic OH excluding ortho intramolecular Hbond substituents is 1. The van der Waals surface area contributed by atoms with Gasteiger partial charge in [0, 0.05) is 41.0 Å². The minimum absolute atomic E-state index is 0.00683. The summed E-state index contributed by atoms with van der Waals surface area (Å²) in [5.41, 5.74) is 6.06. The van der Waals surface area contributed by atoms with E-state index in [-0.39, 0.29) is 30.3 Å². The van der Waals surface area contributed by atoms with Gasteiger partial charge in [-0.15, -0.1) is 0 Å². The number of hydrogen-bond acceptors (Lipinski definition) is 5. The number of H-pyrrole nitrogens is 1. The topological polar surface area (TPSA) is 129 Å². The zero-order valence-corrected chi connectivity index (χ0v) is 19.1. The number of aromatic amines is 1. The molecule has 2 heterocycles. The zero-order chi connectivity index (χ0) is 24.7. The number of aryl methyl sites for hydroxylation is 1.